The first-order valence-electron chi connectivity index (χ1n) is 8.99. The van der Waals surface area contributed by atoms with Gasteiger partial charge in [0.05, 0.1) is 23.6 Å². The summed E-state index contributed by atoms with van der Waals surface area (Å²) in [5.41, 5.74) is 2.06. The molecular weight excluding hydrogens is 358 g/mol. The number of nitrogens with one attached hydrogen (secondary N) is 1. The fraction of sp³-hybridized carbons (Fsp3) is 0.381. The van der Waals surface area contributed by atoms with Gasteiger partial charge < -0.3 is 10.1 Å². The number of anilines is 1. The molecular formula is C21H25N3O2S. The molecule has 1 unspecified atom stereocenters. The topological polar surface area (TPSA) is 75.0 Å². The maximum absolute atomic E-state index is 12.8. The molecule has 5 nitrogen and oxygen atoms in total. The Morgan fingerprint density at radius 1 is 1.30 bits per heavy atom. The molecule has 1 N–H and O–H groups in total. The van der Waals surface area contributed by atoms with Crippen LogP contribution in [0, 0.1) is 17.2 Å². The molecule has 1 atom stereocenters. The van der Waals surface area contributed by atoms with Gasteiger partial charge in [0.2, 0.25) is 5.91 Å². The zero-order chi connectivity index (χ0) is 19.8. The Morgan fingerprint density at radius 2 is 2.04 bits per heavy atom. The number of hydrogen-bond donors (Lipinski definition) is 1. The van der Waals surface area contributed by atoms with Gasteiger partial charge >= 0.3 is 0 Å². The highest BCUT2D eigenvalue weighted by Gasteiger charge is 2.22. The maximum atomic E-state index is 12.8. The van der Waals surface area contributed by atoms with Gasteiger partial charge in [-0.15, -0.1) is 0 Å². The van der Waals surface area contributed by atoms with E-state index in [0.29, 0.717) is 34.4 Å². The number of para-hydroxylation sites is 2. The number of pyridine rings is 1. The standard InChI is InChI=1S/C21H25N3O2S/c1-5-19(20(25)24-17-8-6-7-9-18(17)26-4)27-21-15(13-22)10-11-16(23-21)12-14(2)3/h6-11,14,19H,5,12H2,1-4H3,(H,24,25). The number of hydrogen-bond acceptors (Lipinski definition) is 5. The Bertz CT molecular complexity index is 830. The highest BCUT2D eigenvalue weighted by Crippen LogP contribution is 2.30. The molecule has 0 radical (unpaired) electrons. The van der Waals surface area contributed by atoms with Crippen molar-refractivity contribution >= 4 is 23.4 Å². The largest absolute Gasteiger partial charge is 0.495 e. The number of carbonyl (C=O) groups excluding carboxylic acids is 1. The highest BCUT2D eigenvalue weighted by atomic mass is 32.2. The van der Waals surface area contributed by atoms with Crippen molar-refractivity contribution in [3.63, 3.8) is 0 Å². The SMILES string of the molecule is CCC(Sc1nc(CC(C)C)ccc1C#N)C(=O)Nc1ccccc1OC. The van der Waals surface area contributed by atoms with Crippen LogP contribution in [-0.4, -0.2) is 23.3 Å². The molecule has 6 heteroatoms. The van der Waals surface area contributed by atoms with Crippen LogP contribution < -0.4 is 10.1 Å². The fourth-order valence-electron chi connectivity index (χ4n) is 2.60. The number of methoxy groups -OCH3 is 1. The minimum atomic E-state index is -0.358. The number of nitriles is 1. The molecule has 0 aliphatic carbocycles. The van der Waals surface area contributed by atoms with E-state index in [1.54, 1.807) is 25.3 Å². The molecule has 142 valence electrons. The van der Waals surface area contributed by atoms with Crippen LogP contribution in [0.4, 0.5) is 5.69 Å². The van der Waals surface area contributed by atoms with Gasteiger partial charge in [0.15, 0.2) is 0 Å². The van der Waals surface area contributed by atoms with Crippen molar-refractivity contribution in [2.45, 2.75) is 43.9 Å². The molecule has 1 aromatic heterocycles. The zero-order valence-electron chi connectivity index (χ0n) is 16.2. The van der Waals surface area contributed by atoms with Crippen molar-refractivity contribution in [2.75, 3.05) is 12.4 Å². The third-order valence-corrected chi connectivity index (χ3v) is 5.30. The Morgan fingerprint density at radius 3 is 2.67 bits per heavy atom. The third-order valence-electron chi connectivity index (χ3n) is 3.94. The highest BCUT2D eigenvalue weighted by molar-refractivity contribution is 8.00. The van der Waals surface area contributed by atoms with Gasteiger partial charge in [0.1, 0.15) is 16.8 Å². The Balaban J connectivity index is 2.20. The van der Waals surface area contributed by atoms with E-state index in [1.807, 2.05) is 25.1 Å². The smallest absolute Gasteiger partial charge is 0.238 e. The lowest BCUT2D eigenvalue weighted by Crippen LogP contribution is -2.25. The van der Waals surface area contributed by atoms with E-state index >= 15 is 0 Å². The van der Waals surface area contributed by atoms with Crippen LogP contribution >= 0.6 is 11.8 Å². The number of ether oxygens (including phenoxy) is 1. The maximum Gasteiger partial charge on any atom is 0.238 e. The lowest BCUT2D eigenvalue weighted by Gasteiger charge is -2.17. The first-order valence-corrected chi connectivity index (χ1v) is 9.87. The van der Waals surface area contributed by atoms with Crippen LogP contribution in [0.3, 0.4) is 0 Å². The predicted molar refractivity (Wildman–Crippen MR) is 109 cm³/mol. The Hall–Kier alpha value is -2.52. The molecule has 0 spiro atoms. The average molecular weight is 384 g/mol. The van der Waals surface area contributed by atoms with Gasteiger partial charge in [-0.3, -0.25) is 4.79 Å². The summed E-state index contributed by atoms with van der Waals surface area (Å²) in [5.74, 6) is 0.950. The van der Waals surface area contributed by atoms with Crippen molar-refractivity contribution in [2.24, 2.45) is 5.92 Å². The fourth-order valence-corrected chi connectivity index (χ4v) is 3.62. The first-order chi connectivity index (χ1) is 13.0. The summed E-state index contributed by atoms with van der Waals surface area (Å²) in [6.45, 7) is 6.20. The van der Waals surface area contributed by atoms with Crippen LogP contribution in [0.2, 0.25) is 0 Å². The molecule has 0 fully saturated rings. The molecule has 2 rings (SSSR count). The van der Waals surface area contributed by atoms with Gasteiger partial charge in [-0.1, -0.05) is 44.7 Å². The summed E-state index contributed by atoms with van der Waals surface area (Å²) in [5, 5.41) is 12.6. The molecule has 1 aromatic carbocycles. The van der Waals surface area contributed by atoms with E-state index in [-0.39, 0.29) is 11.2 Å². The normalized spacial score (nSPS) is 11.7. The average Bonchev–Trinajstić information content (AvgIpc) is 2.66. The van der Waals surface area contributed by atoms with Gasteiger partial charge in [0.25, 0.3) is 0 Å². The van der Waals surface area contributed by atoms with Crippen molar-refractivity contribution in [3.8, 4) is 11.8 Å². The molecule has 0 saturated heterocycles. The summed E-state index contributed by atoms with van der Waals surface area (Å²) in [7, 11) is 1.57. The Kier molecular flexibility index (Phi) is 7.68. The molecule has 0 aliphatic heterocycles. The predicted octanol–water partition coefficient (Wildman–Crippen LogP) is 4.67. The van der Waals surface area contributed by atoms with Gasteiger partial charge in [0, 0.05) is 5.69 Å². The van der Waals surface area contributed by atoms with E-state index in [4.69, 9.17) is 4.74 Å². The van der Waals surface area contributed by atoms with Crippen LogP contribution in [-0.2, 0) is 11.2 Å². The number of benzene rings is 1. The van der Waals surface area contributed by atoms with Crippen molar-refractivity contribution in [1.82, 2.24) is 4.98 Å². The van der Waals surface area contributed by atoms with Crippen LogP contribution in [0.1, 0.15) is 38.4 Å². The minimum Gasteiger partial charge on any atom is -0.495 e. The summed E-state index contributed by atoms with van der Waals surface area (Å²) >= 11 is 1.34. The van der Waals surface area contributed by atoms with Gasteiger partial charge in [-0.25, -0.2) is 4.98 Å². The van der Waals surface area contributed by atoms with E-state index in [9.17, 15) is 10.1 Å². The second-order valence-electron chi connectivity index (χ2n) is 6.57. The number of nitrogens with zero attached hydrogens (tertiary/aromatic N) is 2. The van der Waals surface area contributed by atoms with Crippen molar-refractivity contribution < 1.29 is 9.53 Å². The summed E-state index contributed by atoms with van der Waals surface area (Å²) in [4.78, 5) is 17.4. The monoisotopic (exact) mass is 383 g/mol. The Labute approximate surface area is 165 Å². The van der Waals surface area contributed by atoms with Gasteiger partial charge in [-0.05, 0) is 43.0 Å². The molecule has 1 amide bonds. The number of thioether (sulfide) groups is 1. The summed E-state index contributed by atoms with van der Waals surface area (Å²) < 4.78 is 5.29. The first kappa shape index (κ1) is 20.8. The molecule has 2 aromatic rings. The third kappa shape index (κ3) is 5.73. The van der Waals surface area contributed by atoms with E-state index in [2.05, 4.69) is 30.2 Å². The second-order valence-corrected chi connectivity index (χ2v) is 7.76. The number of aromatic nitrogens is 1. The summed E-state index contributed by atoms with van der Waals surface area (Å²) in [6, 6.07) is 13.2. The molecule has 27 heavy (non-hydrogen) atoms. The zero-order valence-corrected chi connectivity index (χ0v) is 17.0. The van der Waals surface area contributed by atoms with E-state index in [0.717, 1.165) is 12.1 Å². The lowest BCUT2D eigenvalue weighted by molar-refractivity contribution is -0.115. The molecule has 0 aliphatic rings. The lowest BCUT2D eigenvalue weighted by atomic mass is 10.1. The minimum absolute atomic E-state index is 0.132. The molecule has 1 heterocycles. The number of amides is 1. The van der Waals surface area contributed by atoms with E-state index < -0.39 is 0 Å². The molecule has 0 bridgehead atoms. The summed E-state index contributed by atoms with van der Waals surface area (Å²) in [6.07, 6.45) is 1.45. The quantitative estimate of drug-likeness (QED) is 0.671. The van der Waals surface area contributed by atoms with Crippen LogP contribution in [0.25, 0.3) is 0 Å². The van der Waals surface area contributed by atoms with Crippen molar-refractivity contribution in [1.29, 1.82) is 5.26 Å². The van der Waals surface area contributed by atoms with E-state index in [1.165, 1.54) is 11.8 Å². The second kappa shape index (κ2) is 9.98. The number of rotatable bonds is 8. The van der Waals surface area contributed by atoms with Crippen LogP contribution in [0.15, 0.2) is 41.4 Å². The van der Waals surface area contributed by atoms with Gasteiger partial charge in [-0.2, -0.15) is 5.26 Å². The molecule has 0 saturated carbocycles. The number of carbonyl (C=O) groups is 1. The van der Waals surface area contributed by atoms with Crippen LogP contribution in [0.5, 0.6) is 5.75 Å². The van der Waals surface area contributed by atoms with Crippen molar-refractivity contribution in [3.05, 3.63) is 47.7 Å².